The van der Waals surface area contributed by atoms with Crippen molar-refractivity contribution in [2.75, 3.05) is 6.54 Å². The number of nitrogens with one attached hydrogen (secondary N) is 1. The lowest BCUT2D eigenvalue weighted by atomic mass is 10.2. The highest BCUT2D eigenvalue weighted by molar-refractivity contribution is 5.78. The minimum atomic E-state index is -0.0566. The Kier molecular flexibility index (Phi) is 5.05. The number of nitrogens with two attached hydrogens (primary N) is 1. The molecule has 0 saturated heterocycles. The molecule has 0 saturated carbocycles. The van der Waals surface area contributed by atoms with Crippen LogP contribution in [0.3, 0.4) is 0 Å². The van der Waals surface area contributed by atoms with Gasteiger partial charge in [-0.25, -0.2) is 4.68 Å². The van der Waals surface area contributed by atoms with E-state index < -0.39 is 0 Å². The van der Waals surface area contributed by atoms with Crippen LogP contribution in [-0.4, -0.2) is 33.5 Å². The van der Waals surface area contributed by atoms with E-state index in [9.17, 15) is 4.79 Å². The van der Waals surface area contributed by atoms with E-state index in [0.29, 0.717) is 12.2 Å². The van der Waals surface area contributed by atoms with E-state index in [-0.39, 0.29) is 18.4 Å². The average Bonchev–Trinajstić information content (AvgIpc) is 2.81. The van der Waals surface area contributed by atoms with Gasteiger partial charge in [0.15, 0.2) is 0 Å². The lowest BCUT2D eigenvalue weighted by molar-refractivity contribution is -0.120. The van der Waals surface area contributed by atoms with E-state index >= 15 is 0 Å². The molecule has 112 valence electrons. The summed E-state index contributed by atoms with van der Waals surface area (Å²) in [6.45, 7) is 4.42. The van der Waals surface area contributed by atoms with E-state index in [1.807, 2.05) is 44.2 Å². The zero-order valence-corrected chi connectivity index (χ0v) is 12.4. The maximum Gasteiger partial charge on any atom is 0.226 e. The Morgan fingerprint density at radius 2 is 2.10 bits per heavy atom. The van der Waals surface area contributed by atoms with Crippen molar-refractivity contribution in [2.24, 2.45) is 5.73 Å². The molecule has 0 aliphatic rings. The third-order valence-electron chi connectivity index (χ3n) is 3.24. The van der Waals surface area contributed by atoms with Gasteiger partial charge in [0, 0.05) is 12.6 Å². The van der Waals surface area contributed by atoms with Crippen molar-refractivity contribution in [2.45, 2.75) is 32.7 Å². The molecule has 6 nitrogen and oxygen atoms in total. The normalized spacial score (nSPS) is 12.1. The van der Waals surface area contributed by atoms with Gasteiger partial charge in [0.05, 0.1) is 23.5 Å². The summed E-state index contributed by atoms with van der Waals surface area (Å²) in [5, 5.41) is 11.1. The van der Waals surface area contributed by atoms with Gasteiger partial charge in [0.25, 0.3) is 0 Å². The Morgan fingerprint density at radius 1 is 1.38 bits per heavy atom. The van der Waals surface area contributed by atoms with Crippen LogP contribution < -0.4 is 11.1 Å². The molecule has 1 heterocycles. The highest BCUT2D eigenvalue weighted by Gasteiger charge is 2.13. The number of aromatic nitrogens is 3. The summed E-state index contributed by atoms with van der Waals surface area (Å²) in [5.74, 6) is -0.0566. The summed E-state index contributed by atoms with van der Waals surface area (Å²) in [5.41, 5.74) is 8.15. The second kappa shape index (κ2) is 6.99. The Labute approximate surface area is 124 Å². The number of rotatable bonds is 6. The topological polar surface area (TPSA) is 85.8 Å². The molecule has 1 unspecified atom stereocenters. The van der Waals surface area contributed by atoms with Crippen LogP contribution in [0.4, 0.5) is 0 Å². The van der Waals surface area contributed by atoms with Crippen molar-refractivity contribution in [3.63, 3.8) is 0 Å². The molecule has 0 spiro atoms. The molecule has 2 aromatic rings. The van der Waals surface area contributed by atoms with Gasteiger partial charge in [-0.1, -0.05) is 23.4 Å². The van der Waals surface area contributed by atoms with E-state index in [2.05, 4.69) is 15.6 Å². The second-order valence-corrected chi connectivity index (χ2v) is 5.16. The molecule has 1 aromatic heterocycles. The number of amides is 1. The average molecular weight is 287 g/mol. The number of carbonyl (C=O) groups is 1. The minimum Gasteiger partial charge on any atom is -0.356 e. The van der Waals surface area contributed by atoms with E-state index in [1.165, 1.54) is 0 Å². The van der Waals surface area contributed by atoms with Crippen molar-refractivity contribution in [1.82, 2.24) is 20.3 Å². The molecular weight excluding hydrogens is 266 g/mol. The van der Waals surface area contributed by atoms with Crippen LogP contribution in [0.1, 0.15) is 24.7 Å². The van der Waals surface area contributed by atoms with Crippen molar-refractivity contribution >= 4 is 5.91 Å². The van der Waals surface area contributed by atoms with Crippen LogP contribution >= 0.6 is 0 Å². The summed E-state index contributed by atoms with van der Waals surface area (Å²) in [6, 6.07) is 9.82. The predicted molar refractivity (Wildman–Crippen MR) is 81.1 cm³/mol. The molecule has 1 amide bonds. The first kappa shape index (κ1) is 15.2. The van der Waals surface area contributed by atoms with E-state index in [4.69, 9.17) is 5.73 Å². The summed E-state index contributed by atoms with van der Waals surface area (Å²) < 4.78 is 1.74. The van der Waals surface area contributed by atoms with Crippen LogP contribution in [0.15, 0.2) is 30.3 Å². The van der Waals surface area contributed by atoms with Crippen LogP contribution in [0.2, 0.25) is 0 Å². The van der Waals surface area contributed by atoms with Crippen LogP contribution in [0.25, 0.3) is 5.69 Å². The van der Waals surface area contributed by atoms with Crippen molar-refractivity contribution in [3.05, 3.63) is 41.7 Å². The minimum absolute atomic E-state index is 0.0566. The highest BCUT2D eigenvalue weighted by atomic mass is 16.1. The lowest BCUT2D eigenvalue weighted by Gasteiger charge is -2.07. The molecule has 21 heavy (non-hydrogen) atoms. The number of benzene rings is 1. The van der Waals surface area contributed by atoms with Crippen LogP contribution in [0, 0.1) is 6.92 Å². The molecule has 0 bridgehead atoms. The van der Waals surface area contributed by atoms with Gasteiger partial charge in [-0.05, 0) is 32.4 Å². The SMILES string of the molecule is Cc1c(CC(=O)NCCC(C)N)nnn1-c1ccccc1. The monoisotopic (exact) mass is 287 g/mol. The lowest BCUT2D eigenvalue weighted by Crippen LogP contribution is -2.30. The third kappa shape index (κ3) is 4.13. The molecular formula is C15H21N5O. The van der Waals surface area contributed by atoms with Gasteiger partial charge in [0.2, 0.25) is 5.91 Å². The Balaban J connectivity index is 1.99. The zero-order chi connectivity index (χ0) is 15.2. The van der Waals surface area contributed by atoms with Gasteiger partial charge in [0.1, 0.15) is 0 Å². The Bertz CT molecular complexity index is 591. The standard InChI is InChI=1S/C15H21N5O/c1-11(16)8-9-17-15(21)10-14-12(2)20(19-18-14)13-6-4-3-5-7-13/h3-7,11H,8-10,16H2,1-2H3,(H,17,21). The van der Waals surface area contributed by atoms with E-state index in [0.717, 1.165) is 17.8 Å². The van der Waals surface area contributed by atoms with E-state index in [1.54, 1.807) is 4.68 Å². The largest absolute Gasteiger partial charge is 0.356 e. The first-order valence-corrected chi connectivity index (χ1v) is 7.07. The molecule has 2 rings (SSSR count). The molecule has 1 atom stereocenters. The second-order valence-electron chi connectivity index (χ2n) is 5.16. The summed E-state index contributed by atoms with van der Waals surface area (Å²) in [7, 11) is 0. The maximum absolute atomic E-state index is 11.9. The fourth-order valence-electron chi connectivity index (χ4n) is 1.99. The third-order valence-corrected chi connectivity index (χ3v) is 3.24. The first-order valence-electron chi connectivity index (χ1n) is 7.07. The van der Waals surface area contributed by atoms with Crippen molar-refractivity contribution < 1.29 is 4.79 Å². The molecule has 6 heteroatoms. The van der Waals surface area contributed by atoms with Gasteiger partial charge < -0.3 is 11.1 Å². The summed E-state index contributed by atoms with van der Waals surface area (Å²) >= 11 is 0. The molecule has 0 radical (unpaired) electrons. The molecule has 3 N–H and O–H groups in total. The maximum atomic E-state index is 11.9. The first-order chi connectivity index (χ1) is 10.1. The molecule has 1 aromatic carbocycles. The van der Waals surface area contributed by atoms with Gasteiger partial charge in [-0.2, -0.15) is 0 Å². The summed E-state index contributed by atoms with van der Waals surface area (Å²) in [6.07, 6.45) is 0.999. The fourth-order valence-corrected chi connectivity index (χ4v) is 1.99. The number of carbonyl (C=O) groups excluding carboxylic acids is 1. The zero-order valence-electron chi connectivity index (χ0n) is 12.4. The molecule has 0 aliphatic heterocycles. The van der Waals surface area contributed by atoms with Crippen LogP contribution in [-0.2, 0) is 11.2 Å². The van der Waals surface area contributed by atoms with Gasteiger partial charge in [-0.15, -0.1) is 5.10 Å². The van der Waals surface area contributed by atoms with Gasteiger partial charge >= 0.3 is 0 Å². The van der Waals surface area contributed by atoms with Crippen LogP contribution in [0.5, 0.6) is 0 Å². The Hall–Kier alpha value is -2.21. The number of nitrogens with zero attached hydrogens (tertiary/aromatic N) is 3. The molecule has 0 aliphatic carbocycles. The number of para-hydroxylation sites is 1. The quantitative estimate of drug-likeness (QED) is 0.829. The van der Waals surface area contributed by atoms with Gasteiger partial charge in [-0.3, -0.25) is 4.79 Å². The summed E-state index contributed by atoms with van der Waals surface area (Å²) in [4.78, 5) is 11.9. The van der Waals surface area contributed by atoms with Crippen molar-refractivity contribution in [1.29, 1.82) is 0 Å². The predicted octanol–water partition coefficient (Wildman–Crippen LogP) is 0.972. The molecule has 0 fully saturated rings. The smallest absolute Gasteiger partial charge is 0.226 e. The van der Waals surface area contributed by atoms with Crippen molar-refractivity contribution in [3.8, 4) is 5.69 Å². The number of hydrogen-bond acceptors (Lipinski definition) is 4. The fraction of sp³-hybridized carbons (Fsp3) is 0.400. The number of hydrogen-bond donors (Lipinski definition) is 2. The highest BCUT2D eigenvalue weighted by Crippen LogP contribution is 2.11. The Morgan fingerprint density at radius 3 is 2.76 bits per heavy atom.